The van der Waals surface area contributed by atoms with E-state index in [1.807, 2.05) is 13.8 Å². The molecule has 5 nitrogen and oxygen atoms in total. The van der Waals surface area contributed by atoms with Crippen molar-refractivity contribution in [3.8, 4) is 0 Å². The first kappa shape index (κ1) is 18.6. The molecule has 1 heterocycles. The second-order valence-electron chi connectivity index (χ2n) is 6.29. The van der Waals surface area contributed by atoms with E-state index in [-0.39, 0.29) is 23.8 Å². The number of hydrogen-bond acceptors (Lipinski definition) is 3. The molecule has 0 aliphatic carbocycles. The lowest BCUT2D eigenvalue weighted by Crippen LogP contribution is -2.48. The summed E-state index contributed by atoms with van der Waals surface area (Å²) in [5.74, 6) is 0. The van der Waals surface area contributed by atoms with E-state index in [1.54, 1.807) is 18.0 Å². The lowest BCUT2D eigenvalue weighted by molar-refractivity contribution is -0.0684. The number of nitrogens with zero attached hydrogens (tertiary/aromatic N) is 2. The van der Waals surface area contributed by atoms with Crippen molar-refractivity contribution in [2.75, 3.05) is 38.5 Å². The highest BCUT2D eigenvalue weighted by Crippen LogP contribution is 2.21. The third-order valence-corrected chi connectivity index (χ3v) is 3.98. The smallest absolute Gasteiger partial charge is 0.321 e. The highest BCUT2D eigenvalue weighted by Gasteiger charge is 2.22. The molecule has 7 heteroatoms. The first-order chi connectivity index (χ1) is 11.3. The Kier molecular flexibility index (Phi) is 6.51. The van der Waals surface area contributed by atoms with Crippen LogP contribution in [0.25, 0.3) is 0 Å². The molecule has 0 radical (unpaired) electrons. The standard InChI is InChI=1S/C17H25F2N3O2/c1-12-10-22(11-13(2)24-12)8-7-21(3)17(23)20-15-6-4-5-14(9-15)16(18)19/h4-6,9,12-13,16H,7-8,10-11H2,1-3H3,(H,20,23)/t12-,13+. The highest BCUT2D eigenvalue weighted by atomic mass is 19.3. The monoisotopic (exact) mass is 341 g/mol. The van der Waals surface area contributed by atoms with Gasteiger partial charge in [-0.1, -0.05) is 12.1 Å². The number of halogens is 2. The summed E-state index contributed by atoms with van der Waals surface area (Å²) in [5, 5.41) is 2.65. The molecule has 1 aromatic carbocycles. The average Bonchev–Trinajstić information content (AvgIpc) is 2.51. The quantitative estimate of drug-likeness (QED) is 0.894. The van der Waals surface area contributed by atoms with Crippen LogP contribution in [-0.4, -0.2) is 61.3 Å². The number of ether oxygens (including phenoxy) is 1. The van der Waals surface area contributed by atoms with Crippen molar-refractivity contribution in [1.82, 2.24) is 9.80 Å². The summed E-state index contributed by atoms with van der Waals surface area (Å²) in [4.78, 5) is 16.0. The van der Waals surface area contributed by atoms with E-state index in [9.17, 15) is 13.6 Å². The minimum absolute atomic E-state index is 0.105. The van der Waals surface area contributed by atoms with Gasteiger partial charge in [0.2, 0.25) is 0 Å². The van der Waals surface area contributed by atoms with Crippen molar-refractivity contribution >= 4 is 11.7 Å². The van der Waals surface area contributed by atoms with E-state index in [4.69, 9.17) is 4.74 Å². The molecule has 1 aliphatic rings. The van der Waals surface area contributed by atoms with E-state index in [1.165, 1.54) is 18.2 Å². The largest absolute Gasteiger partial charge is 0.373 e. The van der Waals surface area contributed by atoms with Gasteiger partial charge in [-0.2, -0.15) is 0 Å². The Bertz CT molecular complexity index is 546. The molecule has 134 valence electrons. The highest BCUT2D eigenvalue weighted by molar-refractivity contribution is 5.89. The maximum absolute atomic E-state index is 12.7. The Morgan fingerprint density at radius 3 is 2.67 bits per heavy atom. The van der Waals surface area contributed by atoms with E-state index in [0.717, 1.165) is 19.6 Å². The predicted molar refractivity (Wildman–Crippen MR) is 89.5 cm³/mol. The maximum atomic E-state index is 12.7. The Hall–Kier alpha value is -1.73. The fourth-order valence-corrected chi connectivity index (χ4v) is 2.83. The summed E-state index contributed by atoms with van der Waals surface area (Å²) in [6, 6.07) is 5.43. The van der Waals surface area contributed by atoms with Gasteiger partial charge in [-0.15, -0.1) is 0 Å². The SMILES string of the molecule is C[C@@H]1CN(CCN(C)C(=O)Nc2cccc(C(F)F)c2)C[C@H](C)O1. The number of likely N-dealkylation sites (N-methyl/N-ethyl adjacent to an activating group) is 1. The molecule has 0 spiro atoms. The van der Waals surface area contributed by atoms with Crippen LogP contribution in [0.5, 0.6) is 0 Å². The number of carbonyl (C=O) groups is 1. The number of hydrogen-bond donors (Lipinski definition) is 1. The van der Waals surface area contributed by atoms with Crippen molar-refractivity contribution in [3.63, 3.8) is 0 Å². The minimum Gasteiger partial charge on any atom is -0.373 e. The number of anilines is 1. The molecule has 0 aromatic heterocycles. The number of amides is 2. The summed E-state index contributed by atoms with van der Waals surface area (Å²) >= 11 is 0. The lowest BCUT2D eigenvalue weighted by Gasteiger charge is -2.36. The van der Waals surface area contributed by atoms with Gasteiger partial charge in [-0.05, 0) is 26.0 Å². The zero-order valence-electron chi connectivity index (χ0n) is 14.3. The molecule has 1 aliphatic heterocycles. The molecule has 2 rings (SSSR count). The third kappa shape index (κ3) is 5.42. The van der Waals surface area contributed by atoms with Gasteiger partial charge < -0.3 is 15.0 Å². The van der Waals surface area contributed by atoms with E-state index in [0.29, 0.717) is 12.2 Å². The molecule has 0 saturated carbocycles. The van der Waals surface area contributed by atoms with Crippen LogP contribution in [0.4, 0.5) is 19.3 Å². The molecule has 0 unspecified atom stereocenters. The topological polar surface area (TPSA) is 44.8 Å². The number of alkyl halides is 2. The van der Waals surface area contributed by atoms with Gasteiger partial charge in [-0.25, -0.2) is 13.6 Å². The van der Waals surface area contributed by atoms with Gasteiger partial charge in [0.05, 0.1) is 12.2 Å². The molecule has 1 saturated heterocycles. The molecular weight excluding hydrogens is 316 g/mol. The normalized spacial score (nSPS) is 21.8. The van der Waals surface area contributed by atoms with Crippen LogP contribution in [0, 0.1) is 0 Å². The van der Waals surface area contributed by atoms with E-state index >= 15 is 0 Å². The van der Waals surface area contributed by atoms with Crippen molar-refractivity contribution in [2.24, 2.45) is 0 Å². The summed E-state index contributed by atoms with van der Waals surface area (Å²) in [7, 11) is 1.69. The minimum atomic E-state index is -2.55. The van der Waals surface area contributed by atoms with Gasteiger partial charge in [0.25, 0.3) is 6.43 Å². The van der Waals surface area contributed by atoms with Crippen molar-refractivity contribution in [2.45, 2.75) is 32.5 Å². The van der Waals surface area contributed by atoms with Crippen LogP contribution in [0.1, 0.15) is 25.8 Å². The molecular formula is C17H25F2N3O2. The number of morpholine rings is 1. The fraction of sp³-hybridized carbons (Fsp3) is 0.588. The maximum Gasteiger partial charge on any atom is 0.321 e. The van der Waals surface area contributed by atoms with Crippen molar-refractivity contribution in [3.05, 3.63) is 29.8 Å². The summed E-state index contributed by atoms with van der Waals surface area (Å²) in [6.45, 7) is 7.06. The number of carbonyl (C=O) groups excluding carboxylic acids is 1. The molecule has 2 amide bonds. The number of nitrogens with one attached hydrogen (secondary N) is 1. The van der Waals surface area contributed by atoms with Gasteiger partial charge in [0.15, 0.2) is 0 Å². The molecule has 1 fully saturated rings. The fourth-order valence-electron chi connectivity index (χ4n) is 2.83. The van der Waals surface area contributed by atoms with Crippen LogP contribution < -0.4 is 5.32 Å². The van der Waals surface area contributed by atoms with Crippen molar-refractivity contribution < 1.29 is 18.3 Å². The molecule has 1 aromatic rings. The zero-order chi connectivity index (χ0) is 17.7. The first-order valence-corrected chi connectivity index (χ1v) is 8.13. The Labute approximate surface area is 141 Å². The van der Waals surface area contributed by atoms with Crippen molar-refractivity contribution in [1.29, 1.82) is 0 Å². The lowest BCUT2D eigenvalue weighted by atomic mass is 10.2. The van der Waals surface area contributed by atoms with Crippen LogP contribution in [0.3, 0.4) is 0 Å². The second kappa shape index (κ2) is 8.39. The predicted octanol–water partition coefficient (Wildman–Crippen LogP) is 3.20. The van der Waals surface area contributed by atoms with Crippen LogP contribution in [-0.2, 0) is 4.74 Å². The number of urea groups is 1. The molecule has 24 heavy (non-hydrogen) atoms. The second-order valence-corrected chi connectivity index (χ2v) is 6.29. The first-order valence-electron chi connectivity index (χ1n) is 8.13. The van der Waals surface area contributed by atoms with E-state index < -0.39 is 6.43 Å². The van der Waals surface area contributed by atoms with Crippen LogP contribution in [0.2, 0.25) is 0 Å². The van der Waals surface area contributed by atoms with Gasteiger partial charge in [-0.3, -0.25) is 4.90 Å². The molecule has 0 bridgehead atoms. The zero-order valence-corrected chi connectivity index (χ0v) is 14.3. The number of rotatable bonds is 5. The Morgan fingerprint density at radius 1 is 1.38 bits per heavy atom. The summed E-state index contributed by atoms with van der Waals surface area (Å²) < 4.78 is 31.1. The number of benzene rings is 1. The Morgan fingerprint density at radius 2 is 2.04 bits per heavy atom. The van der Waals surface area contributed by atoms with E-state index in [2.05, 4.69) is 10.2 Å². The third-order valence-electron chi connectivity index (χ3n) is 3.98. The molecule has 1 N–H and O–H groups in total. The molecule has 2 atom stereocenters. The summed E-state index contributed by atoms with van der Waals surface area (Å²) in [5.41, 5.74) is 0.269. The summed E-state index contributed by atoms with van der Waals surface area (Å²) in [6.07, 6.45) is -2.18. The van der Waals surface area contributed by atoms with Gasteiger partial charge in [0.1, 0.15) is 0 Å². The van der Waals surface area contributed by atoms with Gasteiger partial charge >= 0.3 is 6.03 Å². The Balaban J connectivity index is 1.83. The average molecular weight is 341 g/mol. The van der Waals surface area contributed by atoms with Crippen LogP contribution in [0.15, 0.2) is 24.3 Å². The van der Waals surface area contributed by atoms with Gasteiger partial charge in [0, 0.05) is 44.5 Å². The van der Waals surface area contributed by atoms with Crippen LogP contribution >= 0.6 is 0 Å².